The maximum absolute atomic E-state index is 10.3. The van der Waals surface area contributed by atoms with Crippen LogP contribution in [0.4, 0.5) is 0 Å². The molecule has 1 N–H and O–H groups in total. The van der Waals surface area contributed by atoms with Crippen molar-refractivity contribution in [2.24, 2.45) is 0 Å². The van der Waals surface area contributed by atoms with E-state index < -0.39 is 5.97 Å². The molecule has 1 rings (SSSR count). The first-order valence-corrected chi connectivity index (χ1v) is 3.20. The Morgan fingerprint density at radius 1 is 1.70 bits per heavy atom. The zero-order valence-corrected chi connectivity index (χ0v) is 6.37. The molecule has 10 heavy (non-hydrogen) atoms. The van der Waals surface area contributed by atoms with Crippen molar-refractivity contribution in [2.45, 2.75) is 0 Å². The number of carbonyl (C=O) groups is 1. The summed E-state index contributed by atoms with van der Waals surface area (Å²) in [6, 6.07) is 0. The summed E-state index contributed by atoms with van der Waals surface area (Å²) >= 11 is 2.99. The van der Waals surface area contributed by atoms with Gasteiger partial charge in [-0.05, 0) is 15.9 Å². The zero-order valence-electron chi connectivity index (χ0n) is 4.78. The third kappa shape index (κ3) is 1.30. The van der Waals surface area contributed by atoms with Crippen LogP contribution in [-0.4, -0.2) is 21.0 Å². The van der Waals surface area contributed by atoms with E-state index in [1.807, 2.05) is 0 Å². The van der Waals surface area contributed by atoms with Crippen LogP contribution in [0, 0.1) is 0 Å². The number of aromatic nitrogens is 2. The second-order valence-electron chi connectivity index (χ2n) is 1.52. The summed E-state index contributed by atoms with van der Waals surface area (Å²) in [5.41, 5.74) is -0.0185. The first-order valence-electron chi connectivity index (χ1n) is 2.40. The van der Waals surface area contributed by atoms with E-state index in [9.17, 15) is 4.79 Å². The number of nitrogens with zero attached hydrogens (tertiary/aromatic N) is 2. The maximum atomic E-state index is 10.3. The summed E-state index contributed by atoms with van der Waals surface area (Å²) in [5.74, 6) is -1.06. The van der Waals surface area contributed by atoms with Crippen LogP contribution in [0.5, 0.6) is 0 Å². The van der Waals surface area contributed by atoms with Gasteiger partial charge in [0.15, 0.2) is 5.69 Å². The largest absolute Gasteiger partial charge is 0.476 e. The summed E-state index contributed by atoms with van der Waals surface area (Å²) < 4.78 is 0.391. The first-order chi connectivity index (χ1) is 4.72. The van der Waals surface area contributed by atoms with Gasteiger partial charge in [0.25, 0.3) is 0 Å². The topological polar surface area (TPSA) is 63.1 Å². The molecule has 0 aromatic carbocycles. The maximum Gasteiger partial charge on any atom is 0.355 e. The molecule has 52 valence electrons. The molecule has 0 saturated carbocycles. The number of hydrogen-bond donors (Lipinski definition) is 1. The van der Waals surface area contributed by atoms with E-state index in [2.05, 4.69) is 25.9 Å². The quantitative estimate of drug-likeness (QED) is 0.737. The fraction of sp³-hybridized carbons (Fsp3) is 0. The molecule has 1 heterocycles. The molecule has 0 aliphatic heterocycles. The fourth-order valence-electron chi connectivity index (χ4n) is 0.470. The van der Waals surface area contributed by atoms with Crippen LogP contribution in [0.1, 0.15) is 10.5 Å². The van der Waals surface area contributed by atoms with Crippen molar-refractivity contribution in [1.82, 2.24) is 9.97 Å². The minimum Gasteiger partial charge on any atom is -0.476 e. The molecule has 0 fully saturated rings. The van der Waals surface area contributed by atoms with Gasteiger partial charge in [-0.15, -0.1) is 0 Å². The van der Waals surface area contributed by atoms with Gasteiger partial charge >= 0.3 is 5.97 Å². The van der Waals surface area contributed by atoms with Crippen molar-refractivity contribution in [3.63, 3.8) is 0 Å². The van der Waals surface area contributed by atoms with Gasteiger partial charge in [0.1, 0.15) is 6.33 Å². The molecule has 5 heteroatoms. The number of carboxylic acid groups (broad SMARTS) is 1. The predicted octanol–water partition coefficient (Wildman–Crippen LogP) is 0.937. The molecule has 0 aliphatic carbocycles. The molecule has 0 atom stereocenters. The minimum absolute atomic E-state index is 0.0185. The molecule has 0 unspecified atom stereocenters. The Balaban J connectivity index is 3.15. The van der Waals surface area contributed by atoms with Gasteiger partial charge in [-0.1, -0.05) is 0 Å². The lowest BCUT2D eigenvalue weighted by Gasteiger charge is -1.92. The zero-order chi connectivity index (χ0) is 7.56. The van der Waals surface area contributed by atoms with Gasteiger partial charge in [-0.25, -0.2) is 14.8 Å². The van der Waals surface area contributed by atoms with E-state index in [0.717, 1.165) is 0 Å². The van der Waals surface area contributed by atoms with E-state index in [1.54, 1.807) is 0 Å². The van der Waals surface area contributed by atoms with Crippen LogP contribution < -0.4 is 0 Å². The Kier molecular flexibility index (Phi) is 1.96. The average molecular weight is 203 g/mol. The average Bonchev–Trinajstić information content (AvgIpc) is 1.88. The number of halogens is 1. The molecule has 1 aromatic heterocycles. The molecular weight excluding hydrogens is 200 g/mol. The Labute approximate surface area is 65.1 Å². The van der Waals surface area contributed by atoms with Crippen LogP contribution >= 0.6 is 15.9 Å². The van der Waals surface area contributed by atoms with Gasteiger partial charge < -0.3 is 5.11 Å². The number of carboxylic acids is 1. The monoisotopic (exact) mass is 202 g/mol. The van der Waals surface area contributed by atoms with Gasteiger partial charge in [-0.3, -0.25) is 0 Å². The number of aromatic carboxylic acids is 1. The van der Waals surface area contributed by atoms with E-state index >= 15 is 0 Å². The highest BCUT2D eigenvalue weighted by atomic mass is 79.9. The lowest BCUT2D eigenvalue weighted by atomic mass is 10.4. The van der Waals surface area contributed by atoms with Crippen LogP contribution in [0.3, 0.4) is 0 Å². The van der Waals surface area contributed by atoms with Crippen molar-refractivity contribution < 1.29 is 9.90 Å². The van der Waals surface area contributed by atoms with Gasteiger partial charge in [0.2, 0.25) is 0 Å². The molecule has 0 amide bonds. The molecular formula is C5H3BrN2O2. The summed E-state index contributed by atoms with van der Waals surface area (Å²) in [4.78, 5) is 17.4. The van der Waals surface area contributed by atoms with Crippen LogP contribution in [0.25, 0.3) is 0 Å². The first kappa shape index (κ1) is 7.14. The molecule has 0 aliphatic rings. The highest BCUT2D eigenvalue weighted by Crippen LogP contribution is 2.10. The molecule has 4 nitrogen and oxygen atoms in total. The Bertz CT molecular complexity index is 264. The highest BCUT2D eigenvalue weighted by Gasteiger charge is 2.07. The van der Waals surface area contributed by atoms with Crippen molar-refractivity contribution >= 4 is 21.9 Å². The fourth-order valence-corrected chi connectivity index (χ4v) is 0.860. The Morgan fingerprint density at radius 3 is 2.80 bits per heavy atom. The van der Waals surface area contributed by atoms with Crippen molar-refractivity contribution in [3.05, 3.63) is 22.7 Å². The van der Waals surface area contributed by atoms with Crippen molar-refractivity contribution in [3.8, 4) is 0 Å². The van der Waals surface area contributed by atoms with Crippen LogP contribution in [-0.2, 0) is 0 Å². The van der Waals surface area contributed by atoms with Crippen molar-refractivity contribution in [1.29, 1.82) is 0 Å². The van der Waals surface area contributed by atoms with E-state index in [0.29, 0.717) is 4.47 Å². The second-order valence-corrected chi connectivity index (χ2v) is 2.38. The molecule has 0 radical (unpaired) electrons. The molecule has 0 spiro atoms. The predicted molar refractivity (Wildman–Crippen MR) is 36.7 cm³/mol. The SMILES string of the molecule is O=C(O)c1ncncc1Br. The van der Waals surface area contributed by atoms with E-state index in [-0.39, 0.29) is 5.69 Å². The molecule has 1 aromatic rings. The van der Waals surface area contributed by atoms with Crippen molar-refractivity contribution in [2.75, 3.05) is 0 Å². The van der Waals surface area contributed by atoms with Gasteiger partial charge in [-0.2, -0.15) is 0 Å². The van der Waals surface area contributed by atoms with Gasteiger partial charge in [0.05, 0.1) is 4.47 Å². The van der Waals surface area contributed by atoms with Crippen LogP contribution in [0.2, 0.25) is 0 Å². The summed E-state index contributed by atoms with van der Waals surface area (Å²) in [6.07, 6.45) is 2.57. The summed E-state index contributed by atoms with van der Waals surface area (Å²) in [5, 5.41) is 8.45. The van der Waals surface area contributed by atoms with E-state index in [1.165, 1.54) is 12.5 Å². The number of rotatable bonds is 1. The number of hydrogen-bond acceptors (Lipinski definition) is 3. The normalized spacial score (nSPS) is 9.30. The standard InChI is InChI=1S/C5H3BrN2O2/c6-3-1-7-2-8-4(3)5(9)10/h1-2H,(H,9,10). The third-order valence-corrected chi connectivity index (χ3v) is 1.45. The molecule has 0 saturated heterocycles. The Morgan fingerprint density at radius 2 is 2.40 bits per heavy atom. The smallest absolute Gasteiger partial charge is 0.355 e. The Hall–Kier alpha value is -0.970. The third-order valence-electron chi connectivity index (χ3n) is 0.870. The summed E-state index contributed by atoms with van der Waals surface area (Å²) in [6.45, 7) is 0. The molecule has 0 bridgehead atoms. The van der Waals surface area contributed by atoms with Crippen LogP contribution in [0.15, 0.2) is 17.0 Å². The highest BCUT2D eigenvalue weighted by molar-refractivity contribution is 9.10. The lowest BCUT2D eigenvalue weighted by molar-refractivity contribution is 0.0689. The lowest BCUT2D eigenvalue weighted by Crippen LogP contribution is -2.01. The second kappa shape index (κ2) is 2.74. The minimum atomic E-state index is -1.06. The summed E-state index contributed by atoms with van der Waals surface area (Å²) in [7, 11) is 0. The van der Waals surface area contributed by atoms with Gasteiger partial charge in [0, 0.05) is 6.20 Å². The van der Waals surface area contributed by atoms with E-state index in [4.69, 9.17) is 5.11 Å².